The third-order valence-corrected chi connectivity index (χ3v) is 3.01. The minimum atomic E-state index is 0.461. The Bertz CT molecular complexity index is 137. The van der Waals surface area contributed by atoms with E-state index in [2.05, 4.69) is 25.7 Å². The van der Waals surface area contributed by atoms with Gasteiger partial charge < -0.3 is 10.6 Å². The summed E-state index contributed by atoms with van der Waals surface area (Å²) in [6.45, 7) is 9.35. The number of nitrogens with zero attached hydrogens (tertiary/aromatic N) is 1. The summed E-state index contributed by atoms with van der Waals surface area (Å²) in [4.78, 5) is 2.59. The van der Waals surface area contributed by atoms with Crippen LogP contribution in [0.3, 0.4) is 0 Å². The van der Waals surface area contributed by atoms with E-state index < -0.39 is 0 Å². The molecule has 1 rings (SSSR count). The van der Waals surface area contributed by atoms with Gasteiger partial charge in [0.25, 0.3) is 0 Å². The van der Waals surface area contributed by atoms with Crippen LogP contribution in [0.1, 0.15) is 40.0 Å². The summed E-state index contributed by atoms with van der Waals surface area (Å²) in [5.41, 5.74) is 5.87. The largest absolute Gasteiger partial charge is 0.328 e. The van der Waals surface area contributed by atoms with E-state index in [4.69, 9.17) is 5.73 Å². The second-order valence-electron chi connectivity index (χ2n) is 4.85. The van der Waals surface area contributed by atoms with Crippen molar-refractivity contribution in [3.8, 4) is 0 Å². The molecular formula is C11H24N2. The standard InChI is InChI=1S/C11H24N2/c1-9(2)8-10(3)13-6-4-11(12)5-7-13/h9-11H,4-8,12H2,1-3H3. The summed E-state index contributed by atoms with van der Waals surface area (Å²) < 4.78 is 0. The van der Waals surface area contributed by atoms with Gasteiger partial charge in [0, 0.05) is 12.1 Å². The maximum atomic E-state index is 5.87. The van der Waals surface area contributed by atoms with Gasteiger partial charge in [-0.3, -0.25) is 0 Å². The van der Waals surface area contributed by atoms with E-state index in [0.29, 0.717) is 6.04 Å². The maximum absolute atomic E-state index is 5.87. The van der Waals surface area contributed by atoms with Crippen LogP contribution in [0.2, 0.25) is 0 Å². The molecule has 2 nitrogen and oxygen atoms in total. The Morgan fingerprint density at radius 2 is 1.77 bits per heavy atom. The summed E-state index contributed by atoms with van der Waals surface area (Å²) in [5, 5.41) is 0. The highest BCUT2D eigenvalue weighted by atomic mass is 15.2. The van der Waals surface area contributed by atoms with Crippen LogP contribution in [0.15, 0.2) is 0 Å². The molecular weight excluding hydrogens is 160 g/mol. The molecule has 1 fully saturated rings. The van der Waals surface area contributed by atoms with Crippen molar-refractivity contribution in [3.63, 3.8) is 0 Å². The second kappa shape index (κ2) is 4.97. The minimum Gasteiger partial charge on any atom is -0.328 e. The lowest BCUT2D eigenvalue weighted by atomic mass is 9.99. The zero-order valence-corrected chi connectivity index (χ0v) is 9.29. The van der Waals surface area contributed by atoms with Gasteiger partial charge in [-0.1, -0.05) is 13.8 Å². The third kappa shape index (κ3) is 3.65. The van der Waals surface area contributed by atoms with E-state index in [1.54, 1.807) is 0 Å². The molecule has 0 amide bonds. The predicted molar refractivity (Wildman–Crippen MR) is 57.7 cm³/mol. The van der Waals surface area contributed by atoms with Crippen molar-refractivity contribution < 1.29 is 0 Å². The van der Waals surface area contributed by atoms with Crippen molar-refractivity contribution in [2.24, 2.45) is 11.7 Å². The first-order chi connectivity index (χ1) is 6.09. The molecule has 0 aromatic carbocycles. The van der Waals surface area contributed by atoms with Crippen LogP contribution in [-0.2, 0) is 0 Å². The SMILES string of the molecule is CC(C)CC(C)N1CCC(N)CC1. The lowest BCUT2D eigenvalue weighted by molar-refractivity contribution is 0.146. The number of hydrogen-bond acceptors (Lipinski definition) is 2. The highest BCUT2D eigenvalue weighted by Crippen LogP contribution is 2.16. The van der Waals surface area contributed by atoms with Gasteiger partial charge in [0.1, 0.15) is 0 Å². The van der Waals surface area contributed by atoms with Gasteiger partial charge in [0.05, 0.1) is 0 Å². The van der Waals surface area contributed by atoms with Crippen molar-refractivity contribution in [2.45, 2.75) is 52.1 Å². The van der Waals surface area contributed by atoms with E-state index in [9.17, 15) is 0 Å². The van der Waals surface area contributed by atoms with Crippen LogP contribution < -0.4 is 5.73 Å². The molecule has 0 aliphatic carbocycles. The van der Waals surface area contributed by atoms with Crippen LogP contribution >= 0.6 is 0 Å². The minimum absolute atomic E-state index is 0.461. The lowest BCUT2D eigenvalue weighted by Crippen LogP contribution is -2.44. The topological polar surface area (TPSA) is 29.3 Å². The van der Waals surface area contributed by atoms with Gasteiger partial charge >= 0.3 is 0 Å². The van der Waals surface area contributed by atoms with Gasteiger partial charge in [-0.15, -0.1) is 0 Å². The quantitative estimate of drug-likeness (QED) is 0.725. The van der Waals surface area contributed by atoms with Crippen molar-refractivity contribution in [2.75, 3.05) is 13.1 Å². The van der Waals surface area contributed by atoms with Crippen LogP contribution in [0, 0.1) is 5.92 Å². The summed E-state index contributed by atoms with van der Waals surface area (Å²) in [6, 6.07) is 1.20. The molecule has 0 saturated carbocycles. The van der Waals surface area contributed by atoms with Gasteiger partial charge in [-0.2, -0.15) is 0 Å². The fourth-order valence-corrected chi connectivity index (χ4v) is 2.19. The molecule has 0 radical (unpaired) electrons. The van der Waals surface area contributed by atoms with Crippen molar-refractivity contribution in [1.82, 2.24) is 4.90 Å². The van der Waals surface area contributed by atoms with Gasteiger partial charge in [0.2, 0.25) is 0 Å². The summed E-state index contributed by atoms with van der Waals surface area (Å²) in [6.07, 6.45) is 3.68. The molecule has 2 N–H and O–H groups in total. The molecule has 1 saturated heterocycles. The second-order valence-corrected chi connectivity index (χ2v) is 4.85. The monoisotopic (exact) mass is 184 g/mol. The molecule has 1 unspecified atom stereocenters. The van der Waals surface area contributed by atoms with E-state index in [1.165, 1.54) is 32.4 Å². The van der Waals surface area contributed by atoms with E-state index in [1.807, 2.05) is 0 Å². The molecule has 0 aromatic rings. The maximum Gasteiger partial charge on any atom is 0.00693 e. The highest BCUT2D eigenvalue weighted by Gasteiger charge is 2.20. The zero-order chi connectivity index (χ0) is 9.84. The lowest BCUT2D eigenvalue weighted by Gasteiger charge is -2.35. The first-order valence-electron chi connectivity index (χ1n) is 5.59. The number of likely N-dealkylation sites (tertiary alicyclic amines) is 1. The average molecular weight is 184 g/mol. The average Bonchev–Trinajstić information content (AvgIpc) is 2.04. The summed E-state index contributed by atoms with van der Waals surface area (Å²) in [7, 11) is 0. The van der Waals surface area contributed by atoms with Crippen LogP contribution in [0.25, 0.3) is 0 Å². The molecule has 1 aliphatic heterocycles. The Morgan fingerprint density at radius 3 is 2.23 bits per heavy atom. The van der Waals surface area contributed by atoms with Crippen LogP contribution in [-0.4, -0.2) is 30.1 Å². The van der Waals surface area contributed by atoms with Crippen LogP contribution in [0.4, 0.5) is 0 Å². The highest BCUT2D eigenvalue weighted by molar-refractivity contribution is 4.78. The molecule has 0 aromatic heterocycles. The number of hydrogen-bond donors (Lipinski definition) is 1. The van der Waals surface area contributed by atoms with E-state index >= 15 is 0 Å². The number of nitrogens with two attached hydrogens (primary N) is 1. The Kier molecular flexibility index (Phi) is 4.20. The number of piperidine rings is 1. The Hall–Kier alpha value is -0.0800. The third-order valence-electron chi connectivity index (χ3n) is 3.01. The molecule has 78 valence electrons. The molecule has 1 heterocycles. The first-order valence-corrected chi connectivity index (χ1v) is 5.59. The summed E-state index contributed by atoms with van der Waals surface area (Å²) in [5.74, 6) is 0.811. The Labute approximate surface area is 82.5 Å². The fraction of sp³-hybridized carbons (Fsp3) is 1.00. The van der Waals surface area contributed by atoms with Gasteiger partial charge in [-0.25, -0.2) is 0 Å². The number of rotatable bonds is 3. The zero-order valence-electron chi connectivity index (χ0n) is 9.29. The predicted octanol–water partition coefficient (Wildman–Crippen LogP) is 1.84. The smallest absolute Gasteiger partial charge is 0.00693 e. The van der Waals surface area contributed by atoms with Crippen molar-refractivity contribution >= 4 is 0 Å². The summed E-state index contributed by atoms with van der Waals surface area (Å²) >= 11 is 0. The first kappa shape index (κ1) is 11.0. The van der Waals surface area contributed by atoms with E-state index in [0.717, 1.165) is 12.0 Å². The van der Waals surface area contributed by atoms with Crippen LogP contribution in [0.5, 0.6) is 0 Å². The van der Waals surface area contributed by atoms with Crippen molar-refractivity contribution in [1.29, 1.82) is 0 Å². The normalized spacial score (nSPS) is 23.8. The fourth-order valence-electron chi connectivity index (χ4n) is 2.19. The molecule has 13 heavy (non-hydrogen) atoms. The molecule has 2 heteroatoms. The molecule has 1 aliphatic rings. The molecule has 0 spiro atoms. The molecule has 1 atom stereocenters. The van der Waals surface area contributed by atoms with Crippen molar-refractivity contribution in [3.05, 3.63) is 0 Å². The van der Waals surface area contributed by atoms with Gasteiger partial charge in [-0.05, 0) is 45.2 Å². The Morgan fingerprint density at radius 1 is 1.23 bits per heavy atom. The Balaban J connectivity index is 2.27. The van der Waals surface area contributed by atoms with Gasteiger partial charge in [0.15, 0.2) is 0 Å². The van der Waals surface area contributed by atoms with E-state index in [-0.39, 0.29) is 0 Å². The molecule has 0 bridgehead atoms.